The fraction of sp³-hybridized carbons (Fsp3) is 0.300. The van der Waals surface area contributed by atoms with E-state index < -0.39 is 0 Å². The highest BCUT2D eigenvalue weighted by atomic mass is 16.2. The van der Waals surface area contributed by atoms with Gasteiger partial charge in [-0.15, -0.1) is 0 Å². The van der Waals surface area contributed by atoms with Gasteiger partial charge in [-0.1, -0.05) is 25.1 Å². The molecule has 2 aromatic rings. The zero-order valence-corrected chi connectivity index (χ0v) is 14.3. The molecule has 3 N–H and O–H groups in total. The topological polar surface area (TPSA) is 70.2 Å². The summed E-state index contributed by atoms with van der Waals surface area (Å²) < 4.78 is 0. The van der Waals surface area contributed by atoms with Crippen LogP contribution in [0.3, 0.4) is 0 Å². The van der Waals surface area contributed by atoms with Gasteiger partial charge >= 0.3 is 0 Å². The Morgan fingerprint density at radius 2 is 1.72 bits per heavy atom. The Morgan fingerprint density at radius 1 is 1.00 bits per heavy atom. The van der Waals surface area contributed by atoms with E-state index in [0.29, 0.717) is 11.3 Å². The third-order valence-corrected chi connectivity index (χ3v) is 4.10. The summed E-state index contributed by atoms with van der Waals surface area (Å²) in [4.78, 5) is 24.3. The van der Waals surface area contributed by atoms with E-state index in [4.69, 9.17) is 0 Å². The van der Waals surface area contributed by atoms with Crippen LogP contribution in [0, 0.1) is 5.92 Å². The first-order valence-corrected chi connectivity index (χ1v) is 8.67. The van der Waals surface area contributed by atoms with Crippen LogP contribution in [0.15, 0.2) is 48.5 Å². The van der Waals surface area contributed by atoms with Crippen molar-refractivity contribution in [1.82, 2.24) is 5.32 Å². The molecule has 0 unspecified atom stereocenters. The number of carbonyl (C=O) groups is 2. The summed E-state index contributed by atoms with van der Waals surface area (Å²) in [6.07, 6.45) is 1.91. The van der Waals surface area contributed by atoms with Crippen molar-refractivity contribution >= 4 is 23.2 Å². The van der Waals surface area contributed by atoms with Crippen molar-refractivity contribution in [3.63, 3.8) is 0 Å². The van der Waals surface area contributed by atoms with Gasteiger partial charge in [0.05, 0.1) is 0 Å². The fourth-order valence-electron chi connectivity index (χ4n) is 2.56. The van der Waals surface area contributed by atoms with Gasteiger partial charge in [-0.05, 0) is 55.3 Å². The van der Waals surface area contributed by atoms with Gasteiger partial charge in [0.15, 0.2) is 0 Å². The molecular weight excluding hydrogens is 314 g/mol. The van der Waals surface area contributed by atoms with E-state index in [1.54, 1.807) is 24.3 Å². The number of nitrogens with one attached hydrogen (secondary N) is 3. The van der Waals surface area contributed by atoms with E-state index in [2.05, 4.69) is 22.9 Å². The number of anilines is 2. The first-order chi connectivity index (χ1) is 12.2. The largest absolute Gasteiger partial charge is 0.326 e. The van der Waals surface area contributed by atoms with Crippen LogP contribution in [0.2, 0.25) is 0 Å². The molecule has 130 valence electrons. The van der Waals surface area contributed by atoms with Gasteiger partial charge in [0.25, 0.3) is 5.91 Å². The highest BCUT2D eigenvalue weighted by Crippen LogP contribution is 2.30. The van der Waals surface area contributed by atoms with Gasteiger partial charge in [-0.2, -0.15) is 0 Å². The SMILES string of the molecule is CCNCc1cccc(NC(=O)c2cccc(NC(=O)C3CC3)c2)c1. The maximum atomic E-state index is 12.5. The van der Waals surface area contributed by atoms with Crippen molar-refractivity contribution in [2.24, 2.45) is 5.92 Å². The number of hydrogen-bond donors (Lipinski definition) is 3. The van der Waals surface area contributed by atoms with Crippen molar-refractivity contribution < 1.29 is 9.59 Å². The van der Waals surface area contributed by atoms with Crippen molar-refractivity contribution in [2.75, 3.05) is 17.2 Å². The fourth-order valence-corrected chi connectivity index (χ4v) is 2.56. The summed E-state index contributed by atoms with van der Waals surface area (Å²) in [6, 6.07) is 14.8. The highest BCUT2D eigenvalue weighted by Gasteiger charge is 2.29. The molecule has 0 saturated heterocycles. The van der Waals surface area contributed by atoms with E-state index in [-0.39, 0.29) is 17.7 Å². The first-order valence-electron chi connectivity index (χ1n) is 8.67. The molecule has 1 aliphatic carbocycles. The van der Waals surface area contributed by atoms with Gasteiger partial charge < -0.3 is 16.0 Å². The molecule has 1 aliphatic rings. The zero-order valence-electron chi connectivity index (χ0n) is 14.3. The molecule has 0 aromatic heterocycles. The van der Waals surface area contributed by atoms with E-state index in [0.717, 1.165) is 37.2 Å². The van der Waals surface area contributed by atoms with E-state index in [9.17, 15) is 9.59 Å². The third kappa shape index (κ3) is 4.90. The molecule has 25 heavy (non-hydrogen) atoms. The maximum absolute atomic E-state index is 12.5. The second-order valence-electron chi connectivity index (χ2n) is 6.28. The van der Waals surface area contributed by atoms with Crippen LogP contribution in [-0.2, 0) is 11.3 Å². The minimum Gasteiger partial charge on any atom is -0.326 e. The number of hydrogen-bond acceptors (Lipinski definition) is 3. The summed E-state index contributed by atoms with van der Waals surface area (Å²) in [5, 5.41) is 9.04. The Hall–Kier alpha value is -2.66. The summed E-state index contributed by atoms with van der Waals surface area (Å²) in [7, 11) is 0. The zero-order chi connectivity index (χ0) is 17.6. The average Bonchev–Trinajstić information content (AvgIpc) is 3.46. The molecule has 0 atom stereocenters. The van der Waals surface area contributed by atoms with E-state index in [1.807, 2.05) is 24.3 Å². The molecule has 1 fully saturated rings. The standard InChI is InChI=1S/C20H23N3O2/c1-2-21-13-14-5-3-7-17(11-14)22-20(25)16-6-4-8-18(12-16)23-19(24)15-9-10-15/h3-8,11-12,15,21H,2,9-10,13H2,1H3,(H,22,25)(H,23,24). The Balaban J connectivity index is 1.65. The number of carbonyl (C=O) groups excluding carboxylic acids is 2. The van der Waals surface area contributed by atoms with E-state index in [1.165, 1.54) is 0 Å². The maximum Gasteiger partial charge on any atom is 0.255 e. The first kappa shape index (κ1) is 17.2. The van der Waals surface area contributed by atoms with Crippen LogP contribution >= 0.6 is 0 Å². The minimum atomic E-state index is -0.192. The smallest absolute Gasteiger partial charge is 0.255 e. The quantitative estimate of drug-likeness (QED) is 0.725. The molecule has 2 amide bonds. The number of benzene rings is 2. The van der Waals surface area contributed by atoms with Gasteiger partial charge in [0.2, 0.25) is 5.91 Å². The summed E-state index contributed by atoms with van der Waals surface area (Å²) in [5.41, 5.74) is 3.05. The van der Waals surface area contributed by atoms with Crippen LogP contribution in [0.25, 0.3) is 0 Å². The monoisotopic (exact) mass is 337 g/mol. The predicted molar refractivity (Wildman–Crippen MR) is 99.6 cm³/mol. The Kier molecular flexibility index (Phi) is 5.46. The summed E-state index contributed by atoms with van der Waals surface area (Å²) >= 11 is 0. The molecule has 1 saturated carbocycles. The van der Waals surface area contributed by atoms with Crippen molar-refractivity contribution in [1.29, 1.82) is 0 Å². The van der Waals surface area contributed by atoms with Crippen molar-refractivity contribution in [3.8, 4) is 0 Å². The van der Waals surface area contributed by atoms with Crippen LogP contribution in [0.1, 0.15) is 35.7 Å². The van der Waals surface area contributed by atoms with Crippen LogP contribution in [-0.4, -0.2) is 18.4 Å². The second kappa shape index (κ2) is 7.94. The molecule has 5 nitrogen and oxygen atoms in total. The Morgan fingerprint density at radius 3 is 2.44 bits per heavy atom. The minimum absolute atomic E-state index is 0.0358. The molecule has 0 spiro atoms. The van der Waals surface area contributed by atoms with Crippen LogP contribution in [0.4, 0.5) is 11.4 Å². The summed E-state index contributed by atoms with van der Waals surface area (Å²) in [5.74, 6) is -0.0197. The molecule has 0 bridgehead atoms. The lowest BCUT2D eigenvalue weighted by Crippen LogP contribution is -2.16. The number of rotatable bonds is 7. The Bertz CT molecular complexity index is 769. The lowest BCUT2D eigenvalue weighted by molar-refractivity contribution is -0.117. The molecule has 2 aromatic carbocycles. The average molecular weight is 337 g/mol. The third-order valence-electron chi connectivity index (χ3n) is 4.10. The number of amides is 2. The van der Waals surface area contributed by atoms with Gasteiger partial charge in [0.1, 0.15) is 0 Å². The van der Waals surface area contributed by atoms with Gasteiger partial charge in [-0.3, -0.25) is 9.59 Å². The molecule has 0 radical (unpaired) electrons. The van der Waals surface area contributed by atoms with Crippen LogP contribution < -0.4 is 16.0 Å². The molecular formula is C20H23N3O2. The lowest BCUT2D eigenvalue weighted by Gasteiger charge is -2.09. The summed E-state index contributed by atoms with van der Waals surface area (Å²) in [6.45, 7) is 3.72. The van der Waals surface area contributed by atoms with Gasteiger partial charge in [-0.25, -0.2) is 0 Å². The van der Waals surface area contributed by atoms with E-state index >= 15 is 0 Å². The van der Waals surface area contributed by atoms with Gasteiger partial charge in [0, 0.05) is 29.4 Å². The predicted octanol–water partition coefficient (Wildman–Crippen LogP) is 3.40. The molecule has 5 heteroatoms. The van der Waals surface area contributed by atoms with Crippen molar-refractivity contribution in [2.45, 2.75) is 26.3 Å². The second-order valence-corrected chi connectivity index (χ2v) is 6.28. The highest BCUT2D eigenvalue weighted by molar-refractivity contribution is 6.05. The van der Waals surface area contributed by atoms with Crippen LogP contribution in [0.5, 0.6) is 0 Å². The van der Waals surface area contributed by atoms with Crippen molar-refractivity contribution in [3.05, 3.63) is 59.7 Å². The molecule has 0 aliphatic heterocycles. The lowest BCUT2D eigenvalue weighted by atomic mass is 10.1. The Labute approximate surface area is 147 Å². The molecule has 0 heterocycles. The normalized spacial score (nSPS) is 13.3. The molecule has 3 rings (SSSR count).